The molecule has 1 unspecified atom stereocenters. The number of amides is 1. The van der Waals surface area contributed by atoms with E-state index in [-0.39, 0.29) is 6.04 Å². The average Bonchev–Trinajstić information content (AvgIpc) is 2.43. The lowest BCUT2D eigenvalue weighted by atomic mass is 10.2. The number of rotatable bonds is 7. The molecule has 0 fully saturated rings. The topological polar surface area (TPSA) is 59.6 Å². The smallest absolute Gasteiger partial charge is 0.407 e. The van der Waals surface area contributed by atoms with Crippen molar-refractivity contribution in [3.63, 3.8) is 0 Å². The molecule has 5 nitrogen and oxygen atoms in total. The van der Waals surface area contributed by atoms with Crippen molar-refractivity contribution in [2.75, 3.05) is 18.5 Å². The number of hydrogen-bond donors (Lipinski definition) is 2. The van der Waals surface area contributed by atoms with E-state index >= 15 is 0 Å². The summed E-state index contributed by atoms with van der Waals surface area (Å²) < 4.78 is 10.7. The van der Waals surface area contributed by atoms with Crippen LogP contribution in [0.15, 0.2) is 24.3 Å². The first kappa shape index (κ1) is 18.1. The lowest BCUT2D eigenvalue weighted by Gasteiger charge is -2.21. The van der Waals surface area contributed by atoms with E-state index in [2.05, 4.69) is 17.6 Å². The molecular weight excluding hydrogens is 280 g/mol. The maximum absolute atomic E-state index is 11.6. The van der Waals surface area contributed by atoms with Crippen LogP contribution in [0.2, 0.25) is 0 Å². The summed E-state index contributed by atoms with van der Waals surface area (Å²) in [4.78, 5) is 11.6. The number of hydrogen-bond acceptors (Lipinski definition) is 4. The van der Waals surface area contributed by atoms with E-state index in [1.54, 1.807) is 0 Å². The monoisotopic (exact) mass is 308 g/mol. The molecule has 1 atom stereocenters. The molecule has 0 aliphatic heterocycles. The highest BCUT2D eigenvalue weighted by atomic mass is 16.6. The normalized spacial score (nSPS) is 12.4. The highest BCUT2D eigenvalue weighted by Gasteiger charge is 2.16. The van der Waals surface area contributed by atoms with Crippen LogP contribution < -0.4 is 15.4 Å². The molecule has 0 spiro atoms. The van der Waals surface area contributed by atoms with Gasteiger partial charge in [-0.15, -0.1) is 0 Å². The van der Waals surface area contributed by atoms with Gasteiger partial charge >= 0.3 is 6.09 Å². The lowest BCUT2D eigenvalue weighted by Crippen LogP contribution is -2.38. The zero-order valence-electron chi connectivity index (χ0n) is 14.2. The third-order valence-electron chi connectivity index (χ3n) is 2.69. The first-order valence-electron chi connectivity index (χ1n) is 7.76. The minimum absolute atomic E-state index is 0.0925. The van der Waals surface area contributed by atoms with Gasteiger partial charge < -0.3 is 20.1 Å². The Balaban J connectivity index is 2.35. The van der Waals surface area contributed by atoms with E-state index in [1.165, 1.54) is 0 Å². The van der Waals surface area contributed by atoms with Gasteiger partial charge in [-0.3, -0.25) is 0 Å². The van der Waals surface area contributed by atoms with Gasteiger partial charge in [0.1, 0.15) is 11.4 Å². The molecule has 124 valence electrons. The van der Waals surface area contributed by atoms with Crippen molar-refractivity contribution in [2.45, 2.75) is 52.7 Å². The van der Waals surface area contributed by atoms with Crippen LogP contribution in [0.1, 0.15) is 41.0 Å². The summed E-state index contributed by atoms with van der Waals surface area (Å²) in [6.45, 7) is 10.8. The molecule has 0 aliphatic carbocycles. The van der Waals surface area contributed by atoms with Crippen LogP contribution >= 0.6 is 0 Å². The van der Waals surface area contributed by atoms with E-state index in [4.69, 9.17) is 9.47 Å². The summed E-state index contributed by atoms with van der Waals surface area (Å²) in [7, 11) is 0. The Morgan fingerprint density at radius 1 is 1.23 bits per heavy atom. The fraction of sp³-hybridized carbons (Fsp3) is 0.588. The van der Waals surface area contributed by atoms with E-state index in [0.717, 1.165) is 24.5 Å². The fourth-order valence-electron chi connectivity index (χ4n) is 1.75. The summed E-state index contributed by atoms with van der Waals surface area (Å²) in [5.74, 6) is 0.868. The molecule has 0 saturated heterocycles. The molecule has 5 heteroatoms. The number of carbonyl (C=O) groups excluding carboxylic acids is 1. The summed E-state index contributed by atoms with van der Waals surface area (Å²) in [5, 5.41) is 6.07. The fourth-order valence-corrected chi connectivity index (χ4v) is 1.75. The second kappa shape index (κ2) is 8.51. The van der Waals surface area contributed by atoms with Gasteiger partial charge in [-0.2, -0.15) is 0 Å². The Bertz CT molecular complexity index is 452. The minimum atomic E-state index is -0.477. The van der Waals surface area contributed by atoms with Crippen molar-refractivity contribution >= 4 is 11.8 Å². The van der Waals surface area contributed by atoms with Crippen molar-refractivity contribution < 1.29 is 14.3 Å². The molecule has 1 aromatic rings. The van der Waals surface area contributed by atoms with E-state index in [0.29, 0.717) is 6.54 Å². The van der Waals surface area contributed by atoms with Crippen molar-refractivity contribution in [3.8, 4) is 5.75 Å². The molecule has 0 heterocycles. The minimum Gasteiger partial charge on any atom is -0.494 e. The largest absolute Gasteiger partial charge is 0.494 e. The van der Waals surface area contributed by atoms with Crippen molar-refractivity contribution in [1.29, 1.82) is 0 Å². The Hall–Kier alpha value is -1.91. The van der Waals surface area contributed by atoms with Crippen LogP contribution in [0.25, 0.3) is 0 Å². The molecular formula is C17H28N2O3. The lowest BCUT2D eigenvalue weighted by molar-refractivity contribution is 0.0526. The molecule has 0 saturated carbocycles. The SMILES string of the molecule is CCCOc1ccc(NC(C)CNC(=O)OC(C)(C)C)cc1. The molecule has 0 aliphatic rings. The van der Waals surface area contributed by atoms with Crippen LogP contribution in [-0.2, 0) is 4.74 Å². The predicted molar refractivity (Wildman–Crippen MR) is 89.5 cm³/mol. The van der Waals surface area contributed by atoms with Crippen LogP contribution in [0, 0.1) is 0 Å². The Morgan fingerprint density at radius 2 is 1.86 bits per heavy atom. The second-order valence-corrected chi connectivity index (χ2v) is 6.30. The molecule has 1 aromatic carbocycles. The quantitative estimate of drug-likeness (QED) is 0.804. The zero-order chi connectivity index (χ0) is 16.6. The first-order chi connectivity index (χ1) is 10.3. The molecule has 0 radical (unpaired) electrons. The van der Waals surface area contributed by atoms with Crippen molar-refractivity contribution in [3.05, 3.63) is 24.3 Å². The van der Waals surface area contributed by atoms with E-state index in [1.807, 2.05) is 52.0 Å². The van der Waals surface area contributed by atoms with Gasteiger partial charge in [0, 0.05) is 18.3 Å². The first-order valence-corrected chi connectivity index (χ1v) is 7.76. The summed E-state index contributed by atoms with van der Waals surface area (Å²) in [5.41, 5.74) is 0.511. The maximum Gasteiger partial charge on any atom is 0.407 e. The van der Waals surface area contributed by atoms with Crippen LogP contribution in [-0.4, -0.2) is 30.9 Å². The molecule has 2 N–H and O–H groups in total. The Kier molecular flexibility index (Phi) is 7.02. The third kappa shape index (κ3) is 7.76. The number of benzene rings is 1. The molecule has 1 rings (SSSR count). The highest BCUT2D eigenvalue weighted by Crippen LogP contribution is 2.16. The van der Waals surface area contributed by atoms with Gasteiger partial charge in [-0.05, 0) is 58.4 Å². The predicted octanol–water partition coefficient (Wildman–Crippen LogP) is 3.80. The van der Waals surface area contributed by atoms with Gasteiger partial charge in [0.25, 0.3) is 0 Å². The van der Waals surface area contributed by atoms with E-state index < -0.39 is 11.7 Å². The van der Waals surface area contributed by atoms with Gasteiger partial charge in [0.2, 0.25) is 0 Å². The van der Waals surface area contributed by atoms with Gasteiger partial charge in [0.05, 0.1) is 6.61 Å². The molecule has 1 amide bonds. The highest BCUT2D eigenvalue weighted by molar-refractivity contribution is 5.67. The van der Waals surface area contributed by atoms with Crippen molar-refractivity contribution in [1.82, 2.24) is 5.32 Å². The third-order valence-corrected chi connectivity index (χ3v) is 2.69. The van der Waals surface area contributed by atoms with Crippen LogP contribution in [0.4, 0.5) is 10.5 Å². The van der Waals surface area contributed by atoms with Gasteiger partial charge in [0.15, 0.2) is 0 Å². The van der Waals surface area contributed by atoms with Crippen molar-refractivity contribution in [2.24, 2.45) is 0 Å². The summed E-state index contributed by atoms with van der Waals surface area (Å²) >= 11 is 0. The zero-order valence-corrected chi connectivity index (χ0v) is 14.2. The standard InChI is InChI=1S/C17H28N2O3/c1-6-11-21-15-9-7-14(8-10-15)19-13(2)12-18-16(20)22-17(3,4)5/h7-10,13,19H,6,11-12H2,1-5H3,(H,18,20). The number of alkyl carbamates (subject to hydrolysis) is 1. The van der Waals surface area contributed by atoms with Crippen LogP contribution in [0.3, 0.4) is 0 Å². The maximum atomic E-state index is 11.6. The Morgan fingerprint density at radius 3 is 2.41 bits per heavy atom. The summed E-state index contributed by atoms with van der Waals surface area (Å²) in [6.07, 6.45) is 0.595. The number of anilines is 1. The van der Waals surface area contributed by atoms with Crippen LogP contribution in [0.5, 0.6) is 5.75 Å². The molecule has 22 heavy (non-hydrogen) atoms. The van der Waals surface area contributed by atoms with Gasteiger partial charge in [-0.25, -0.2) is 4.79 Å². The number of nitrogens with one attached hydrogen (secondary N) is 2. The second-order valence-electron chi connectivity index (χ2n) is 6.30. The molecule has 0 bridgehead atoms. The summed E-state index contributed by atoms with van der Waals surface area (Å²) in [6, 6.07) is 7.90. The number of ether oxygens (including phenoxy) is 2. The average molecular weight is 308 g/mol. The number of carbonyl (C=O) groups is 1. The Labute approximate surface area is 133 Å². The van der Waals surface area contributed by atoms with Gasteiger partial charge in [-0.1, -0.05) is 6.92 Å². The molecule has 0 aromatic heterocycles. The van der Waals surface area contributed by atoms with E-state index in [9.17, 15) is 4.79 Å².